The smallest absolute Gasteiger partial charge is 0.270 e. The number of nitrogens with one attached hydrogen (secondary N) is 3. The number of carbonyl (C=O) groups excluding carboxylic acids is 1. The van der Waals surface area contributed by atoms with Crippen molar-refractivity contribution in [3.8, 4) is 11.4 Å². The third-order valence-corrected chi connectivity index (χ3v) is 6.90. The Morgan fingerprint density at radius 1 is 1.17 bits per heavy atom. The molecule has 0 aromatic carbocycles. The van der Waals surface area contributed by atoms with Gasteiger partial charge in [0.05, 0.1) is 0 Å². The minimum Gasteiger partial charge on any atom is -0.354 e. The molecule has 3 aromatic rings. The highest BCUT2D eigenvalue weighted by molar-refractivity contribution is 5.94. The number of aryl methyl sites for hydroxylation is 3. The molecule has 3 N–H and O–H groups in total. The fourth-order valence-electron chi connectivity index (χ4n) is 5.07. The molecule has 4 heterocycles. The van der Waals surface area contributed by atoms with Crippen molar-refractivity contribution in [1.29, 1.82) is 0 Å². The molecular formula is C27H33N7O2. The van der Waals surface area contributed by atoms with Gasteiger partial charge in [-0.25, -0.2) is 15.0 Å². The largest absolute Gasteiger partial charge is 0.354 e. The average molecular weight is 488 g/mol. The molecule has 0 spiro atoms. The molecular weight excluding hydrogens is 454 g/mol. The Labute approximate surface area is 210 Å². The quantitative estimate of drug-likeness (QED) is 0.468. The Balaban J connectivity index is 1.39. The number of hydrogen-bond acceptors (Lipinski definition) is 7. The molecule has 9 nitrogen and oxygen atoms in total. The molecule has 1 aliphatic heterocycles. The molecule has 0 atom stereocenters. The van der Waals surface area contributed by atoms with E-state index in [1.807, 2.05) is 25.1 Å². The third-order valence-electron chi connectivity index (χ3n) is 6.90. The van der Waals surface area contributed by atoms with Crippen molar-refractivity contribution in [2.75, 3.05) is 31.1 Å². The SMILES string of the molecule is CCCc1cc(C)[nH]c(=O)c1CNC(=O)c1nc(-c2ccc(N3CCNCC3)nc2)nc2c1CCC2. The van der Waals surface area contributed by atoms with Crippen LogP contribution in [0, 0.1) is 6.92 Å². The first-order chi connectivity index (χ1) is 17.5. The Hall–Kier alpha value is -3.59. The molecule has 188 valence electrons. The van der Waals surface area contributed by atoms with E-state index in [0.717, 1.165) is 92.2 Å². The molecule has 1 fully saturated rings. The van der Waals surface area contributed by atoms with Crippen molar-refractivity contribution in [2.24, 2.45) is 0 Å². The lowest BCUT2D eigenvalue weighted by Crippen LogP contribution is -2.43. The molecule has 2 aliphatic rings. The normalized spacial score (nSPS) is 15.1. The predicted molar refractivity (Wildman–Crippen MR) is 139 cm³/mol. The van der Waals surface area contributed by atoms with E-state index in [1.54, 1.807) is 6.20 Å². The van der Waals surface area contributed by atoms with Gasteiger partial charge >= 0.3 is 0 Å². The van der Waals surface area contributed by atoms with E-state index >= 15 is 0 Å². The van der Waals surface area contributed by atoms with Gasteiger partial charge in [0.15, 0.2) is 5.82 Å². The minimum absolute atomic E-state index is 0.150. The fraction of sp³-hybridized carbons (Fsp3) is 0.444. The van der Waals surface area contributed by atoms with Crippen LogP contribution in [-0.4, -0.2) is 52.0 Å². The molecule has 1 saturated heterocycles. The highest BCUT2D eigenvalue weighted by Crippen LogP contribution is 2.27. The average Bonchev–Trinajstić information content (AvgIpc) is 3.37. The van der Waals surface area contributed by atoms with Gasteiger partial charge in [0, 0.05) is 67.0 Å². The summed E-state index contributed by atoms with van der Waals surface area (Å²) in [5.41, 5.74) is 5.29. The van der Waals surface area contributed by atoms with Gasteiger partial charge in [0.2, 0.25) is 0 Å². The van der Waals surface area contributed by atoms with Crippen LogP contribution in [0.2, 0.25) is 0 Å². The van der Waals surface area contributed by atoms with Crippen LogP contribution in [0.1, 0.15) is 58.3 Å². The summed E-state index contributed by atoms with van der Waals surface area (Å²) >= 11 is 0. The summed E-state index contributed by atoms with van der Waals surface area (Å²) in [5.74, 6) is 1.18. The number of aromatic amines is 1. The van der Waals surface area contributed by atoms with Crippen molar-refractivity contribution in [2.45, 2.75) is 52.5 Å². The van der Waals surface area contributed by atoms with Crippen LogP contribution >= 0.6 is 0 Å². The van der Waals surface area contributed by atoms with Crippen LogP contribution in [0.5, 0.6) is 0 Å². The maximum Gasteiger partial charge on any atom is 0.270 e. The van der Waals surface area contributed by atoms with E-state index < -0.39 is 0 Å². The Bertz CT molecular complexity index is 1310. The molecule has 0 radical (unpaired) electrons. The molecule has 0 saturated carbocycles. The fourth-order valence-corrected chi connectivity index (χ4v) is 5.07. The number of aromatic nitrogens is 4. The number of rotatable bonds is 7. The summed E-state index contributed by atoms with van der Waals surface area (Å²) in [6, 6.07) is 5.96. The summed E-state index contributed by atoms with van der Waals surface area (Å²) < 4.78 is 0. The number of piperazine rings is 1. The second-order valence-electron chi connectivity index (χ2n) is 9.53. The topological polar surface area (TPSA) is 116 Å². The molecule has 9 heteroatoms. The number of H-pyrrole nitrogens is 1. The molecule has 0 bridgehead atoms. The standard InChI is InChI=1S/C27H33N7O2/c1-3-5-18-14-17(2)31-26(35)21(18)16-30-27(36)24-20-6-4-7-22(20)32-25(33-24)19-8-9-23(29-15-19)34-12-10-28-11-13-34/h8-9,14-15,28H,3-7,10-13,16H2,1-2H3,(H,30,36)(H,31,35). The number of hydrogen-bond donors (Lipinski definition) is 3. The van der Waals surface area contributed by atoms with Crippen LogP contribution in [0.15, 0.2) is 29.2 Å². The second kappa shape index (κ2) is 10.6. The Morgan fingerprint density at radius 3 is 2.75 bits per heavy atom. The molecule has 0 unspecified atom stereocenters. The van der Waals surface area contributed by atoms with Crippen molar-refractivity contribution in [3.05, 3.63) is 68.5 Å². The van der Waals surface area contributed by atoms with E-state index in [-0.39, 0.29) is 18.0 Å². The minimum atomic E-state index is -0.274. The van der Waals surface area contributed by atoms with E-state index in [4.69, 9.17) is 9.97 Å². The summed E-state index contributed by atoms with van der Waals surface area (Å²) in [5, 5.41) is 6.31. The van der Waals surface area contributed by atoms with E-state index in [0.29, 0.717) is 17.1 Å². The van der Waals surface area contributed by atoms with Gasteiger partial charge < -0.3 is 20.5 Å². The monoisotopic (exact) mass is 487 g/mol. The van der Waals surface area contributed by atoms with Crippen LogP contribution in [0.4, 0.5) is 5.82 Å². The third kappa shape index (κ3) is 5.02. The maximum absolute atomic E-state index is 13.3. The number of nitrogens with zero attached hydrogens (tertiary/aromatic N) is 4. The van der Waals surface area contributed by atoms with Crippen LogP contribution in [0.25, 0.3) is 11.4 Å². The van der Waals surface area contributed by atoms with Crippen molar-refractivity contribution < 1.29 is 4.79 Å². The first-order valence-corrected chi connectivity index (χ1v) is 12.8. The summed E-state index contributed by atoms with van der Waals surface area (Å²) in [6.45, 7) is 7.87. The first kappa shape index (κ1) is 24.1. The zero-order chi connectivity index (χ0) is 25.1. The van der Waals surface area contributed by atoms with Gasteiger partial charge in [0.25, 0.3) is 11.5 Å². The lowest BCUT2D eigenvalue weighted by Gasteiger charge is -2.28. The molecule has 36 heavy (non-hydrogen) atoms. The molecule has 1 aliphatic carbocycles. The van der Waals surface area contributed by atoms with Gasteiger partial charge in [-0.3, -0.25) is 9.59 Å². The van der Waals surface area contributed by atoms with Crippen molar-refractivity contribution >= 4 is 11.7 Å². The van der Waals surface area contributed by atoms with Gasteiger partial charge in [-0.05, 0) is 56.4 Å². The number of fused-ring (bicyclic) bond motifs is 1. The lowest BCUT2D eigenvalue weighted by molar-refractivity contribution is 0.0944. The summed E-state index contributed by atoms with van der Waals surface area (Å²) in [4.78, 5) is 45.2. The van der Waals surface area contributed by atoms with Gasteiger partial charge in [-0.15, -0.1) is 0 Å². The van der Waals surface area contributed by atoms with Gasteiger partial charge in [0.1, 0.15) is 11.5 Å². The van der Waals surface area contributed by atoms with Gasteiger partial charge in [-0.1, -0.05) is 13.3 Å². The summed E-state index contributed by atoms with van der Waals surface area (Å²) in [6.07, 6.45) is 6.07. The molecule has 1 amide bonds. The predicted octanol–water partition coefficient (Wildman–Crippen LogP) is 2.32. The van der Waals surface area contributed by atoms with Crippen molar-refractivity contribution in [1.82, 2.24) is 30.6 Å². The van der Waals surface area contributed by atoms with Crippen LogP contribution in [0.3, 0.4) is 0 Å². The van der Waals surface area contributed by atoms with Crippen LogP contribution < -0.4 is 21.1 Å². The maximum atomic E-state index is 13.3. The van der Waals surface area contributed by atoms with Gasteiger partial charge in [-0.2, -0.15) is 0 Å². The number of amides is 1. The first-order valence-electron chi connectivity index (χ1n) is 12.8. The van der Waals surface area contributed by atoms with Crippen molar-refractivity contribution in [3.63, 3.8) is 0 Å². The highest BCUT2D eigenvalue weighted by atomic mass is 16.2. The summed E-state index contributed by atoms with van der Waals surface area (Å²) in [7, 11) is 0. The number of anilines is 1. The number of carbonyl (C=O) groups is 1. The zero-order valence-corrected chi connectivity index (χ0v) is 21.0. The van der Waals surface area contributed by atoms with Crippen LogP contribution in [-0.2, 0) is 25.8 Å². The van der Waals surface area contributed by atoms with E-state index in [1.165, 1.54) is 0 Å². The second-order valence-corrected chi connectivity index (χ2v) is 9.53. The Kier molecular flexibility index (Phi) is 7.09. The molecule has 3 aromatic heterocycles. The number of pyridine rings is 2. The zero-order valence-electron chi connectivity index (χ0n) is 21.0. The molecule has 5 rings (SSSR count). The highest BCUT2D eigenvalue weighted by Gasteiger charge is 2.24. The van der Waals surface area contributed by atoms with E-state index in [9.17, 15) is 9.59 Å². The van der Waals surface area contributed by atoms with E-state index in [2.05, 4.69) is 32.4 Å². The Morgan fingerprint density at radius 2 is 2.00 bits per heavy atom. The lowest BCUT2D eigenvalue weighted by atomic mass is 10.0.